The number of aromatic amines is 2. The van der Waals surface area contributed by atoms with Crippen LogP contribution in [0.15, 0.2) is 78.9 Å². The van der Waals surface area contributed by atoms with Crippen LogP contribution in [0, 0.1) is 0 Å². The average molecular weight is 769 g/mol. The van der Waals surface area contributed by atoms with Crippen molar-refractivity contribution in [2.45, 2.75) is 5.92 Å². The first-order valence-electron chi connectivity index (χ1n) is 17.7. The average Bonchev–Trinajstić information content (AvgIpc) is 3.74. The van der Waals surface area contributed by atoms with Crippen LogP contribution in [-0.2, 0) is 19.2 Å². The lowest BCUT2D eigenvalue weighted by atomic mass is 9.81. The number of hydrazine groups is 1. The first-order chi connectivity index (χ1) is 26.9. The number of likely N-dealkylation sites (N-methyl/N-ethyl adjacent to an activating group) is 1. The number of amides is 2. The van der Waals surface area contributed by atoms with Crippen LogP contribution in [-0.4, -0.2) is 141 Å². The van der Waals surface area contributed by atoms with Crippen LogP contribution in [0.25, 0.3) is 21.8 Å². The molecule has 0 radical (unpaired) electrons. The number of nitrogens with two attached hydrogens (primary N) is 1. The zero-order valence-corrected chi connectivity index (χ0v) is 30.7. The third kappa shape index (κ3) is 10.2. The first kappa shape index (κ1) is 40.8. The number of aromatic nitrogens is 2. The van der Waals surface area contributed by atoms with Crippen molar-refractivity contribution >= 4 is 57.3 Å². The van der Waals surface area contributed by atoms with Crippen LogP contribution in [0.3, 0.4) is 0 Å². The van der Waals surface area contributed by atoms with Gasteiger partial charge < -0.3 is 30.6 Å². The number of fused-ring (bicyclic) bond motifs is 2. The third-order valence-electron chi connectivity index (χ3n) is 9.31. The number of rotatable bonds is 21. The molecule has 0 saturated carbocycles. The van der Waals surface area contributed by atoms with E-state index in [0.717, 1.165) is 16.3 Å². The number of carbonyl (C=O) groups is 6. The minimum absolute atomic E-state index is 0.00917. The van der Waals surface area contributed by atoms with E-state index in [0.29, 0.717) is 22.2 Å². The molecule has 0 aliphatic heterocycles. The van der Waals surface area contributed by atoms with Gasteiger partial charge in [0, 0.05) is 65.0 Å². The molecule has 5 aromatic rings. The van der Waals surface area contributed by atoms with Gasteiger partial charge in [-0.1, -0.05) is 66.7 Å². The predicted octanol–water partition coefficient (Wildman–Crippen LogP) is 1.52. The topological polar surface area (TPSA) is 254 Å². The summed E-state index contributed by atoms with van der Waals surface area (Å²) in [6.45, 7) is -1.50. The number of benzene rings is 3. The molecule has 9 N–H and O–H groups in total. The number of carbonyl (C=O) groups excluding carboxylic acids is 3. The van der Waals surface area contributed by atoms with Gasteiger partial charge in [-0.15, -0.1) is 0 Å². The second-order valence-electron chi connectivity index (χ2n) is 13.3. The Bertz CT molecular complexity index is 2200. The van der Waals surface area contributed by atoms with Crippen molar-refractivity contribution in [3.05, 3.63) is 107 Å². The number of carboxylic acids is 3. The first-order valence-corrected chi connectivity index (χ1v) is 17.7. The number of ketones is 1. The van der Waals surface area contributed by atoms with Gasteiger partial charge in [-0.2, -0.15) is 0 Å². The number of carboxylic acid groups (broad SMARTS) is 3. The number of hydrogen-bond acceptors (Lipinski definition) is 10. The maximum atomic E-state index is 14.3. The van der Waals surface area contributed by atoms with Crippen LogP contribution in [0.4, 0.5) is 0 Å². The highest BCUT2D eigenvalue weighted by atomic mass is 16.4. The third-order valence-corrected chi connectivity index (χ3v) is 9.31. The molecule has 0 bridgehead atoms. The monoisotopic (exact) mass is 768 g/mol. The van der Waals surface area contributed by atoms with Crippen LogP contribution in [0.2, 0.25) is 0 Å². The summed E-state index contributed by atoms with van der Waals surface area (Å²) in [4.78, 5) is 85.7. The van der Waals surface area contributed by atoms with Gasteiger partial charge >= 0.3 is 17.9 Å². The summed E-state index contributed by atoms with van der Waals surface area (Å²) in [5.74, 6) is -0.0352. The molecular weight excluding hydrogens is 724 g/mol. The lowest BCUT2D eigenvalue weighted by Crippen LogP contribution is -2.46. The van der Waals surface area contributed by atoms with E-state index in [1.807, 2.05) is 78.9 Å². The summed E-state index contributed by atoms with van der Waals surface area (Å²) in [6.07, 6.45) is 0. The number of Topliss-reactive ketones (excluding diaryl/α,β-unsaturated/α-hetero) is 1. The molecule has 2 heterocycles. The highest BCUT2D eigenvalue weighted by molar-refractivity contribution is 6.07. The lowest BCUT2D eigenvalue weighted by Gasteiger charge is -2.27. The summed E-state index contributed by atoms with van der Waals surface area (Å²) in [6, 6.07) is 24.2. The Labute approximate surface area is 321 Å². The molecule has 0 aliphatic carbocycles. The fraction of sp³-hybridized carbons (Fsp3) is 0.282. The van der Waals surface area contributed by atoms with Gasteiger partial charge in [-0.3, -0.25) is 48.9 Å². The molecule has 1 unspecified atom stereocenters. The molecule has 56 heavy (non-hydrogen) atoms. The summed E-state index contributed by atoms with van der Waals surface area (Å²) in [5.41, 5.74) is 5.99. The zero-order valence-electron chi connectivity index (χ0n) is 30.7. The Kier molecular flexibility index (Phi) is 13.7. The normalized spacial score (nSPS) is 12.0. The summed E-state index contributed by atoms with van der Waals surface area (Å²) in [5, 5.41) is 31.9. The second-order valence-corrected chi connectivity index (χ2v) is 13.3. The number of para-hydroxylation sites is 2. The largest absolute Gasteiger partial charge is 0.480 e. The van der Waals surface area contributed by atoms with E-state index in [1.165, 1.54) is 9.80 Å². The molecule has 0 fully saturated rings. The van der Waals surface area contributed by atoms with Gasteiger partial charge in [-0.25, -0.2) is 5.84 Å². The summed E-state index contributed by atoms with van der Waals surface area (Å²) in [7, 11) is 1.59. The van der Waals surface area contributed by atoms with E-state index in [-0.39, 0.29) is 50.7 Å². The molecule has 17 nitrogen and oxygen atoms in total. The minimum Gasteiger partial charge on any atom is -0.480 e. The summed E-state index contributed by atoms with van der Waals surface area (Å²) < 4.78 is 0. The van der Waals surface area contributed by atoms with E-state index in [4.69, 9.17) is 5.84 Å². The van der Waals surface area contributed by atoms with E-state index in [2.05, 4.69) is 20.7 Å². The number of aliphatic carboxylic acids is 3. The van der Waals surface area contributed by atoms with Crippen LogP contribution < -0.4 is 16.6 Å². The van der Waals surface area contributed by atoms with Gasteiger partial charge in [0.1, 0.15) is 5.69 Å². The number of nitrogens with zero attached hydrogens (tertiary/aromatic N) is 3. The Hall–Kier alpha value is -6.40. The van der Waals surface area contributed by atoms with E-state index in [1.54, 1.807) is 11.9 Å². The Morgan fingerprint density at radius 1 is 0.643 bits per heavy atom. The van der Waals surface area contributed by atoms with Crippen molar-refractivity contribution in [1.82, 2.24) is 35.4 Å². The fourth-order valence-corrected chi connectivity index (χ4v) is 6.82. The zero-order chi connectivity index (χ0) is 40.4. The Balaban J connectivity index is 1.45. The van der Waals surface area contributed by atoms with Crippen molar-refractivity contribution in [2.24, 2.45) is 5.84 Å². The van der Waals surface area contributed by atoms with Crippen LogP contribution in [0.5, 0.6) is 0 Å². The lowest BCUT2D eigenvalue weighted by molar-refractivity contribution is -0.142. The molecular formula is C39H44N8O9. The van der Waals surface area contributed by atoms with Crippen LogP contribution in [0.1, 0.15) is 43.6 Å². The molecule has 1 atom stereocenters. The highest BCUT2D eigenvalue weighted by Crippen LogP contribution is 2.43. The Morgan fingerprint density at radius 2 is 1.14 bits per heavy atom. The summed E-state index contributed by atoms with van der Waals surface area (Å²) >= 11 is 0. The molecule has 2 amide bonds. The molecule has 0 saturated heterocycles. The van der Waals surface area contributed by atoms with Crippen molar-refractivity contribution in [1.29, 1.82) is 0 Å². The standard InChI is InChI=1S/C39H44N8O9/c1-45(21-31(50)51)15-16-46(17-18-47(22-32(52)53)23-33(54)55)20-30(49)41-19-29(48)37-35(25-11-5-7-13-27(25)42-37)34(24-9-3-2-4-10-24)36-26-12-6-8-14-28(26)43-38(36)39(56)44-40/h2-14,34,42-43H,15-23,40H2,1H3,(H,41,49)(H,44,56)(H,50,51)(H,52,53)(H,54,55). The Morgan fingerprint density at radius 3 is 1.71 bits per heavy atom. The molecule has 0 aliphatic rings. The van der Waals surface area contributed by atoms with Gasteiger partial charge in [0.15, 0.2) is 5.78 Å². The number of nitrogen functional groups attached to an aromatic ring is 1. The number of hydrogen-bond donors (Lipinski definition) is 8. The quantitative estimate of drug-likeness (QED) is 0.0228. The van der Waals surface area contributed by atoms with E-state index in [9.17, 15) is 44.1 Å². The number of H-pyrrole nitrogens is 2. The van der Waals surface area contributed by atoms with Gasteiger partial charge in [-0.05, 0) is 24.7 Å². The van der Waals surface area contributed by atoms with E-state index >= 15 is 0 Å². The van der Waals surface area contributed by atoms with Crippen molar-refractivity contribution in [3.8, 4) is 0 Å². The van der Waals surface area contributed by atoms with Crippen molar-refractivity contribution in [3.63, 3.8) is 0 Å². The second kappa shape index (κ2) is 18.8. The van der Waals surface area contributed by atoms with Gasteiger partial charge in [0.25, 0.3) is 5.91 Å². The molecule has 294 valence electrons. The molecule has 3 aromatic carbocycles. The molecule has 2 aromatic heterocycles. The molecule has 5 rings (SSSR count). The number of nitrogens with one attached hydrogen (secondary N) is 4. The SMILES string of the molecule is CN(CCN(CCN(CC(=O)O)CC(=O)O)CC(=O)NCC(=O)c1[nH]c2ccccc2c1C(c1ccccc1)c1c(C(=O)NN)[nH]c2ccccc12)CC(=O)O. The van der Waals surface area contributed by atoms with Crippen molar-refractivity contribution in [2.75, 3.05) is 66.0 Å². The maximum Gasteiger partial charge on any atom is 0.317 e. The molecule has 0 spiro atoms. The fourth-order valence-electron chi connectivity index (χ4n) is 6.82. The predicted molar refractivity (Wildman–Crippen MR) is 206 cm³/mol. The smallest absolute Gasteiger partial charge is 0.317 e. The van der Waals surface area contributed by atoms with Crippen LogP contribution >= 0.6 is 0 Å². The van der Waals surface area contributed by atoms with Gasteiger partial charge in [0.2, 0.25) is 5.91 Å². The maximum absolute atomic E-state index is 14.3. The molecule has 17 heteroatoms. The van der Waals surface area contributed by atoms with E-state index < -0.39 is 61.1 Å². The highest BCUT2D eigenvalue weighted by Gasteiger charge is 2.33. The van der Waals surface area contributed by atoms with Gasteiger partial charge in [0.05, 0.1) is 38.4 Å². The van der Waals surface area contributed by atoms with Crippen molar-refractivity contribution < 1.29 is 44.1 Å². The minimum atomic E-state index is -1.22.